The molecule has 8 nitrogen and oxygen atoms in total. The van der Waals surface area contributed by atoms with Gasteiger partial charge in [0, 0.05) is 11.7 Å². The maximum atomic E-state index is 12.0. The molecule has 0 saturated heterocycles. The Labute approximate surface area is 133 Å². The number of aromatic nitrogens is 5. The average Bonchev–Trinajstić information content (AvgIpc) is 2.92. The molecular formula is C13H21N7OS. The maximum Gasteiger partial charge on any atom is 0.271 e. The molecule has 3 N–H and O–H groups in total. The summed E-state index contributed by atoms with van der Waals surface area (Å²) in [6, 6.07) is 2.02. The van der Waals surface area contributed by atoms with Gasteiger partial charge >= 0.3 is 0 Å². The van der Waals surface area contributed by atoms with Crippen molar-refractivity contribution >= 4 is 17.7 Å². The minimum absolute atomic E-state index is 0.0596. The highest BCUT2D eigenvalue weighted by Gasteiger charge is 2.21. The largest absolute Gasteiger partial charge is 0.353 e. The van der Waals surface area contributed by atoms with E-state index in [1.165, 1.54) is 16.4 Å². The van der Waals surface area contributed by atoms with Crippen molar-refractivity contribution < 1.29 is 4.79 Å². The number of carbonyl (C=O) groups is 1. The van der Waals surface area contributed by atoms with E-state index >= 15 is 0 Å². The van der Waals surface area contributed by atoms with Crippen molar-refractivity contribution in [2.24, 2.45) is 0 Å². The van der Waals surface area contributed by atoms with Crippen LogP contribution in [0.4, 0.5) is 0 Å². The third-order valence-electron chi connectivity index (χ3n) is 2.93. The molecule has 2 aromatic heterocycles. The van der Waals surface area contributed by atoms with Gasteiger partial charge in [0.2, 0.25) is 11.1 Å². The van der Waals surface area contributed by atoms with Crippen molar-refractivity contribution in [1.82, 2.24) is 30.0 Å². The fraction of sp³-hybridized carbons (Fsp3) is 0.538. The van der Waals surface area contributed by atoms with E-state index in [1.54, 1.807) is 11.6 Å². The van der Waals surface area contributed by atoms with Crippen LogP contribution in [0.15, 0.2) is 11.2 Å². The standard InChI is InChI=1S/C13H21N7OS/c1-7(2)15-11(21)10(5)22-13-17-16-12(19(13)14)20-9(4)6-8(3)18-20/h6-7,10H,14H2,1-5H3,(H,15,21). The molecule has 0 spiro atoms. The lowest BCUT2D eigenvalue weighted by atomic mass is 10.3. The highest BCUT2D eigenvalue weighted by molar-refractivity contribution is 8.00. The number of hydrogen-bond acceptors (Lipinski definition) is 6. The molecule has 120 valence electrons. The lowest BCUT2D eigenvalue weighted by molar-refractivity contribution is -0.120. The number of hydrogen-bond donors (Lipinski definition) is 2. The monoisotopic (exact) mass is 323 g/mol. The topological polar surface area (TPSA) is 104 Å². The molecule has 0 aromatic carbocycles. The zero-order valence-electron chi connectivity index (χ0n) is 13.4. The fourth-order valence-electron chi connectivity index (χ4n) is 1.94. The number of nitrogen functional groups attached to an aromatic ring is 1. The summed E-state index contributed by atoms with van der Waals surface area (Å²) in [7, 11) is 0. The molecule has 0 bridgehead atoms. The summed E-state index contributed by atoms with van der Waals surface area (Å²) in [5, 5.41) is 15.5. The van der Waals surface area contributed by atoms with Crippen molar-refractivity contribution in [3.05, 3.63) is 17.5 Å². The summed E-state index contributed by atoms with van der Waals surface area (Å²) in [5.74, 6) is 6.40. The van der Waals surface area contributed by atoms with E-state index in [-0.39, 0.29) is 17.2 Å². The van der Waals surface area contributed by atoms with Crippen molar-refractivity contribution in [2.75, 3.05) is 5.84 Å². The lowest BCUT2D eigenvalue weighted by Crippen LogP contribution is -2.36. The van der Waals surface area contributed by atoms with Gasteiger partial charge in [-0.25, -0.2) is 9.36 Å². The number of rotatable bonds is 5. The van der Waals surface area contributed by atoms with E-state index in [9.17, 15) is 4.79 Å². The van der Waals surface area contributed by atoms with Crippen LogP contribution in [-0.2, 0) is 4.79 Å². The van der Waals surface area contributed by atoms with Gasteiger partial charge in [0.15, 0.2) is 0 Å². The maximum absolute atomic E-state index is 12.0. The first-order valence-electron chi connectivity index (χ1n) is 7.00. The van der Waals surface area contributed by atoms with Crippen LogP contribution in [0.25, 0.3) is 5.95 Å². The number of nitrogens with two attached hydrogens (primary N) is 1. The van der Waals surface area contributed by atoms with Crippen molar-refractivity contribution in [2.45, 2.75) is 51.1 Å². The summed E-state index contributed by atoms with van der Waals surface area (Å²) < 4.78 is 2.98. The number of nitrogens with zero attached hydrogens (tertiary/aromatic N) is 5. The molecule has 2 heterocycles. The van der Waals surface area contributed by atoms with E-state index in [0.29, 0.717) is 11.1 Å². The van der Waals surface area contributed by atoms with Crippen LogP contribution in [0.1, 0.15) is 32.2 Å². The Morgan fingerprint density at radius 1 is 1.32 bits per heavy atom. The average molecular weight is 323 g/mol. The normalized spacial score (nSPS) is 12.6. The molecule has 1 atom stereocenters. The van der Waals surface area contributed by atoms with Gasteiger partial charge in [-0.05, 0) is 40.7 Å². The highest BCUT2D eigenvalue weighted by Crippen LogP contribution is 2.22. The van der Waals surface area contributed by atoms with Crippen LogP contribution in [0, 0.1) is 13.8 Å². The third kappa shape index (κ3) is 3.41. The van der Waals surface area contributed by atoms with Crippen LogP contribution in [-0.4, -0.2) is 41.9 Å². The van der Waals surface area contributed by atoms with Crippen LogP contribution in [0.2, 0.25) is 0 Å². The van der Waals surface area contributed by atoms with Crippen LogP contribution in [0.3, 0.4) is 0 Å². The Morgan fingerprint density at radius 2 is 2.00 bits per heavy atom. The number of nitrogens with one attached hydrogen (secondary N) is 1. The first-order chi connectivity index (χ1) is 10.3. The Bertz CT molecular complexity index is 676. The molecule has 2 aromatic rings. The summed E-state index contributed by atoms with van der Waals surface area (Å²) in [6.07, 6.45) is 0. The van der Waals surface area contributed by atoms with E-state index < -0.39 is 0 Å². The minimum Gasteiger partial charge on any atom is -0.353 e. The Kier molecular flexibility index (Phi) is 4.74. The van der Waals surface area contributed by atoms with Crippen LogP contribution >= 0.6 is 11.8 Å². The number of thioether (sulfide) groups is 1. The van der Waals surface area contributed by atoms with E-state index in [1.807, 2.05) is 33.8 Å². The zero-order chi connectivity index (χ0) is 16.4. The van der Waals surface area contributed by atoms with E-state index in [4.69, 9.17) is 5.84 Å². The van der Waals surface area contributed by atoms with Crippen molar-refractivity contribution in [3.8, 4) is 5.95 Å². The zero-order valence-corrected chi connectivity index (χ0v) is 14.2. The quantitative estimate of drug-likeness (QED) is 0.623. The van der Waals surface area contributed by atoms with Crippen LogP contribution in [0.5, 0.6) is 0 Å². The molecule has 0 aliphatic rings. The second-order valence-corrected chi connectivity index (χ2v) is 6.72. The smallest absolute Gasteiger partial charge is 0.271 e. The van der Waals surface area contributed by atoms with Gasteiger partial charge in [-0.15, -0.1) is 10.2 Å². The van der Waals surface area contributed by atoms with Crippen molar-refractivity contribution in [1.29, 1.82) is 0 Å². The molecular weight excluding hydrogens is 302 g/mol. The number of carbonyl (C=O) groups excluding carboxylic acids is 1. The van der Waals surface area contributed by atoms with Gasteiger partial charge in [-0.3, -0.25) is 4.79 Å². The summed E-state index contributed by atoms with van der Waals surface area (Å²) in [5.41, 5.74) is 1.79. The molecule has 22 heavy (non-hydrogen) atoms. The third-order valence-corrected chi connectivity index (χ3v) is 3.98. The second-order valence-electron chi connectivity index (χ2n) is 5.41. The molecule has 0 radical (unpaired) electrons. The first-order valence-corrected chi connectivity index (χ1v) is 7.88. The predicted molar refractivity (Wildman–Crippen MR) is 85.4 cm³/mol. The van der Waals surface area contributed by atoms with Gasteiger partial charge in [-0.2, -0.15) is 5.10 Å². The Balaban J connectivity index is 2.18. The van der Waals surface area contributed by atoms with Gasteiger partial charge in [0.1, 0.15) is 0 Å². The molecule has 0 aliphatic heterocycles. The Morgan fingerprint density at radius 3 is 2.55 bits per heavy atom. The van der Waals surface area contributed by atoms with E-state index in [2.05, 4.69) is 20.6 Å². The lowest BCUT2D eigenvalue weighted by Gasteiger charge is -2.13. The summed E-state index contributed by atoms with van der Waals surface area (Å²) in [6.45, 7) is 9.46. The van der Waals surface area contributed by atoms with E-state index in [0.717, 1.165) is 11.4 Å². The number of amides is 1. The van der Waals surface area contributed by atoms with Crippen LogP contribution < -0.4 is 11.2 Å². The second kappa shape index (κ2) is 6.39. The number of aryl methyl sites for hydroxylation is 2. The molecule has 1 unspecified atom stereocenters. The molecule has 0 aliphatic carbocycles. The predicted octanol–water partition coefficient (Wildman–Crippen LogP) is 0.800. The fourth-order valence-corrected chi connectivity index (χ4v) is 2.71. The summed E-state index contributed by atoms with van der Waals surface area (Å²) >= 11 is 1.26. The Hall–Kier alpha value is -2.03. The first kappa shape index (κ1) is 16.3. The van der Waals surface area contributed by atoms with Gasteiger partial charge in [-0.1, -0.05) is 11.8 Å². The molecule has 0 fully saturated rings. The van der Waals surface area contributed by atoms with Gasteiger partial charge in [0.25, 0.3) is 5.95 Å². The molecule has 9 heteroatoms. The van der Waals surface area contributed by atoms with Gasteiger partial charge < -0.3 is 11.2 Å². The minimum atomic E-state index is -0.317. The summed E-state index contributed by atoms with van der Waals surface area (Å²) in [4.78, 5) is 12.0. The van der Waals surface area contributed by atoms with Crippen molar-refractivity contribution in [3.63, 3.8) is 0 Å². The molecule has 1 amide bonds. The molecule has 0 saturated carbocycles. The molecule has 2 rings (SSSR count). The SMILES string of the molecule is Cc1cc(C)n(-c2nnc(SC(C)C(=O)NC(C)C)n2N)n1. The highest BCUT2D eigenvalue weighted by atomic mass is 32.2. The van der Waals surface area contributed by atoms with Gasteiger partial charge in [0.05, 0.1) is 10.9 Å².